The maximum atomic E-state index is 12.5. The van der Waals surface area contributed by atoms with Crippen molar-refractivity contribution in [2.45, 2.75) is 18.6 Å². The average Bonchev–Trinajstić information content (AvgIpc) is 3.27. The van der Waals surface area contributed by atoms with Gasteiger partial charge in [-0.2, -0.15) is 0 Å². The van der Waals surface area contributed by atoms with Crippen LogP contribution in [0.1, 0.15) is 11.1 Å². The van der Waals surface area contributed by atoms with Crippen LogP contribution in [0, 0.1) is 6.92 Å². The van der Waals surface area contributed by atoms with Gasteiger partial charge in [0.2, 0.25) is 11.8 Å². The topological polar surface area (TPSA) is 59.2 Å². The zero-order chi connectivity index (χ0) is 17.2. The molecule has 126 valence electrons. The van der Waals surface area contributed by atoms with Crippen LogP contribution in [-0.2, 0) is 11.2 Å². The summed E-state index contributed by atoms with van der Waals surface area (Å²) < 4.78 is 5.66. The van der Waals surface area contributed by atoms with E-state index in [-0.39, 0.29) is 11.7 Å². The van der Waals surface area contributed by atoms with Gasteiger partial charge in [-0.25, -0.2) is 0 Å². The first kappa shape index (κ1) is 15.9. The first-order chi connectivity index (χ1) is 12.2. The van der Waals surface area contributed by atoms with Crippen molar-refractivity contribution in [2.24, 2.45) is 0 Å². The normalized spacial score (nSPS) is 13.1. The average molecular weight is 351 g/mol. The van der Waals surface area contributed by atoms with Gasteiger partial charge in [0.1, 0.15) is 0 Å². The first-order valence-corrected chi connectivity index (χ1v) is 9.11. The van der Waals surface area contributed by atoms with E-state index in [9.17, 15) is 4.79 Å². The molecule has 0 atom stereocenters. The lowest BCUT2D eigenvalue weighted by Crippen LogP contribution is -2.30. The van der Waals surface area contributed by atoms with Gasteiger partial charge in [0.05, 0.1) is 5.75 Å². The number of benzene rings is 2. The van der Waals surface area contributed by atoms with E-state index in [0.29, 0.717) is 11.1 Å². The van der Waals surface area contributed by atoms with Crippen LogP contribution in [0.15, 0.2) is 58.2 Å². The Morgan fingerprint density at radius 2 is 1.96 bits per heavy atom. The monoisotopic (exact) mass is 351 g/mol. The third-order valence-electron chi connectivity index (χ3n) is 4.21. The summed E-state index contributed by atoms with van der Waals surface area (Å²) in [4.78, 5) is 14.3. The van der Waals surface area contributed by atoms with Crippen LogP contribution in [-0.4, -0.2) is 28.4 Å². The van der Waals surface area contributed by atoms with Gasteiger partial charge in [-0.3, -0.25) is 4.79 Å². The lowest BCUT2D eigenvalue weighted by molar-refractivity contribution is -0.116. The van der Waals surface area contributed by atoms with Crippen LogP contribution in [0.2, 0.25) is 0 Å². The maximum absolute atomic E-state index is 12.5. The number of hydrogen-bond donors (Lipinski definition) is 0. The minimum atomic E-state index is 0.0602. The van der Waals surface area contributed by atoms with Crippen LogP contribution >= 0.6 is 11.8 Å². The Labute approximate surface area is 150 Å². The maximum Gasteiger partial charge on any atom is 0.277 e. The van der Waals surface area contributed by atoms with E-state index < -0.39 is 0 Å². The molecule has 2 heterocycles. The van der Waals surface area contributed by atoms with Crippen molar-refractivity contribution in [1.82, 2.24) is 10.2 Å². The highest BCUT2D eigenvalue weighted by atomic mass is 32.2. The molecule has 0 fully saturated rings. The van der Waals surface area contributed by atoms with E-state index in [1.54, 1.807) is 0 Å². The summed E-state index contributed by atoms with van der Waals surface area (Å²) in [7, 11) is 0. The highest BCUT2D eigenvalue weighted by molar-refractivity contribution is 7.99. The zero-order valence-corrected chi connectivity index (χ0v) is 14.6. The van der Waals surface area contributed by atoms with E-state index in [0.717, 1.165) is 24.2 Å². The van der Waals surface area contributed by atoms with Crippen molar-refractivity contribution in [1.29, 1.82) is 0 Å². The second-order valence-corrected chi connectivity index (χ2v) is 6.88. The fourth-order valence-corrected chi connectivity index (χ4v) is 3.52. The molecule has 1 amide bonds. The lowest BCUT2D eigenvalue weighted by Gasteiger charge is -2.16. The van der Waals surface area contributed by atoms with Gasteiger partial charge in [0.25, 0.3) is 5.22 Å². The highest BCUT2D eigenvalue weighted by Crippen LogP contribution is 2.29. The fraction of sp³-hybridized carbons (Fsp3) is 0.211. The van der Waals surface area contributed by atoms with Gasteiger partial charge in [-0.1, -0.05) is 47.7 Å². The molecule has 0 bridgehead atoms. The van der Waals surface area contributed by atoms with Crippen molar-refractivity contribution in [3.8, 4) is 11.5 Å². The van der Waals surface area contributed by atoms with Crippen molar-refractivity contribution < 1.29 is 9.21 Å². The number of carbonyl (C=O) groups excluding carboxylic acids is 1. The van der Waals surface area contributed by atoms with Crippen LogP contribution < -0.4 is 4.90 Å². The summed E-state index contributed by atoms with van der Waals surface area (Å²) >= 11 is 1.28. The molecule has 6 heteroatoms. The quantitative estimate of drug-likeness (QED) is 0.671. The van der Waals surface area contributed by atoms with Crippen molar-refractivity contribution in [3.05, 3.63) is 59.7 Å². The standard InChI is InChI=1S/C19H17N3O2S/c1-13-6-8-15(9-7-13)18-20-21-19(24-18)25-12-17(23)22-11-10-14-4-2-3-5-16(14)22/h2-9H,10-12H2,1H3. The number of para-hydroxylation sites is 1. The molecule has 0 saturated heterocycles. The summed E-state index contributed by atoms with van der Waals surface area (Å²) in [6, 6.07) is 15.9. The molecule has 1 aliphatic rings. The number of aryl methyl sites for hydroxylation is 1. The smallest absolute Gasteiger partial charge is 0.277 e. The Hall–Kier alpha value is -2.60. The van der Waals surface area contributed by atoms with Crippen LogP contribution in [0.4, 0.5) is 5.69 Å². The summed E-state index contributed by atoms with van der Waals surface area (Å²) in [5, 5.41) is 8.51. The number of thioether (sulfide) groups is 1. The molecule has 3 aromatic rings. The van der Waals surface area contributed by atoms with E-state index in [2.05, 4.69) is 16.3 Å². The Morgan fingerprint density at radius 3 is 2.80 bits per heavy atom. The molecule has 0 saturated carbocycles. The van der Waals surface area contributed by atoms with Gasteiger partial charge in [0.15, 0.2) is 0 Å². The number of aromatic nitrogens is 2. The Kier molecular flexibility index (Phi) is 4.28. The molecule has 0 unspecified atom stereocenters. The minimum absolute atomic E-state index is 0.0602. The molecule has 1 aromatic heterocycles. The van der Waals surface area contributed by atoms with E-state index in [1.165, 1.54) is 22.9 Å². The molecule has 2 aromatic carbocycles. The molecule has 1 aliphatic heterocycles. The highest BCUT2D eigenvalue weighted by Gasteiger charge is 2.24. The van der Waals surface area contributed by atoms with Crippen molar-refractivity contribution >= 4 is 23.4 Å². The van der Waals surface area contributed by atoms with Crippen molar-refractivity contribution in [3.63, 3.8) is 0 Å². The Balaban J connectivity index is 1.41. The predicted octanol–water partition coefficient (Wildman–Crippen LogP) is 3.73. The van der Waals surface area contributed by atoms with Gasteiger partial charge in [-0.15, -0.1) is 10.2 Å². The molecule has 0 radical (unpaired) electrons. The van der Waals surface area contributed by atoms with Gasteiger partial charge in [-0.05, 0) is 37.1 Å². The molecular formula is C19H17N3O2S. The summed E-state index contributed by atoms with van der Waals surface area (Å²) in [6.45, 7) is 2.76. The molecule has 5 nitrogen and oxygen atoms in total. The van der Waals surface area contributed by atoms with Crippen LogP contribution in [0.5, 0.6) is 0 Å². The number of amides is 1. The molecule has 25 heavy (non-hydrogen) atoms. The Morgan fingerprint density at radius 1 is 1.16 bits per heavy atom. The van der Waals surface area contributed by atoms with Gasteiger partial charge < -0.3 is 9.32 Å². The SMILES string of the molecule is Cc1ccc(-c2nnc(SCC(=O)N3CCc4ccccc43)o2)cc1. The summed E-state index contributed by atoms with van der Waals surface area (Å²) in [5.74, 6) is 0.815. The Bertz CT molecular complexity index is 905. The first-order valence-electron chi connectivity index (χ1n) is 8.12. The molecule has 0 aliphatic carbocycles. The third-order valence-corrected chi connectivity index (χ3v) is 5.02. The van der Waals surface area contributed by atoms with Crippen molar-refractivity contribution in [2.75, 3.05) is 17.2 Å². The number of rotatable bonds is 4. The molecule has 0 spiro atoms. The minimum Gasteiger partial charge on any atom is -0.411 e. The fourth-order valence-electron chi connectivity index (χ4n) is 2.88. The molecular weight excluding hydrogens is 334 g/mol. The second-order valence-electron chi connectivity index (χ2n) is 5.95. The number of fused-ring (bicyclic) bond motifs is 1. The van der Waals surface area contributed by atoms with E-state index in [4.69, 9.17) is 4.42 Å². The largest absolute Gasteiger partial charge is 0.411 e. The lowest BCUT2D eigenvalue weighted by atomic mass is 10.1. The molecule has 0 N–H and O–H groups in total. The van der Waals surface area contributed by atoms with E-state index in [1.807, 2.05) is 54.3 Å². The second kappa shape index (κ2) is 6.72. The van der Waals surface area contributed by atoms with Crippen LogP contribution in [0.25, 0.3) is 11.5 Å². The number of nitrogens with zero attached hydrogens (tertiary/aromatic N) is 3. The summed E-state index contributed by atoms with van der Waals surface area (Å²) in [6.07, 6.45) is 0.907. The number of hydrogen-bond acceptors (Lipinski definition) is 5. The third kappa shape index (κ3) is 3.30. The van der Waals surface area contributed by atoms with Gasteiger partial charge >= 0.3 is 0 Å². The van der Waals surface area contributed by atoms with Gasteiger partial charge in [0, 0.05) is 17.8 Å². The van der Waals surface area contributed by atoms with E-state index >= 15 is 0 Å². The number of anilines is 1. The van der Waals surface area contributed by atoms with Crippen LogP contribution in [0.3, 0.4) is 0 Å². The predicted molar refractivity (Wildman–Crippen MR) is 97.7 cm³/mol. The zero-order valence-electron chi connectivity index (χ0n) is 13.8. The molecule has 4 rings (SSSR count). The number of carbonyl (C=O) groups is 1. The summed E-state index contributed by atoms with van der Waals surface area (Å²) in [5.41, 5.74) is 4.29.